The Labute approximate surface area is 176 Å². The second kappa shape index (κ2) is 7.27. The second-order valence-corrected chi connectivity index (χ2v) is 9.00. The van der Waals surface area contributed by atoms with Crippen molar-refractivity contribution in [3.8, 4) is 0 Å². The maximum Gasteiger partial charge on any atom is 0.272 e. The van der Waals surface area contributed by atoms with Crippen LogP contribution in [0.3, 0.4) is 0 Å². The summed E-state index contributed by atoms with van der Waals surface area (Å²) in [7, 11) is 3.80. The van der Waals surface area contributed by atoms with E-state index in [0.717, 1.165) is 37.1 Å². The van der Waals surface area contributed by atoms with E-state index in [1.807, 2.05) is 46.6 Å². The molecule has 2 aromatic rings. The highest BCUT2D eigenvalue weighted by Gasteiger charge is 2.42. The molecule has 2 fully saturated rings. The minimum Gasteiger partial charge on any atom is -0.370 e. The molecule has 8 nitrogen and oxygen atoms in total. The first-order chi connectivity index (χ1) is 14.5. The Balaban J connectivity index is 1.26. The van der Waals surface area contributed by atoms with Crippen LogP contribution < -0.4 is 5.32 Å². The van der Waals surface area contributed by atoms with E-state index in [4.69, 9.17) is 4.74 Å². The van der Waals surface area contributed by atoms with Crippen molar-refractivity contribution < 1.29 is 14.3 Å². The van der Waals surface area contributed by atoms with E-state index in [1.165, 1.54) is 12.8 Å². The fourth-order valence-electron chi connectivity index (χ4n) is 4.67. The van der Waals surface area contributed by atoms with Gasteiger partial charge in [-0.15, -0.1) is 0 Å². The number of piperidine rings is 1. The highest BCUT2D eigenvalue weighted by Crippen LogP contribution is 2.37. The summed E-state index contributed by atoms with van der Waals surface area (Å²) in [6, 6.07) is 3.76. The second-order valence-electron chi connectivity index (χ2n) is 9.00. The summed E-state index contributed by atoms with van der Waals surface area (Å²) in [6.07, 6.45) is 6.61. The van der Waals surface area contributed by atoms with Gasteiger partial charge in [-0.2, -0.15) is 5.10 Å². The van der Waals surface area contributed by atoms with Gasteiger partial charge >= 0.3 is 0 Å². The van der Waals surface area contributed by atoms with E-state index >= 15 is 0 Å². The first-order valence-electron chi connectivity index (χ1n) is 10.8. The molecule has 1 spiro atoms. The van der Waals surface area contributed by atoms with Gasteiger partial charge in [0.1, 0.15) is 5.69 Å². The molecule has 0 bridgehead atoms. The smallest absolute Gasteiger partial charge is 0.272 e. The molecule has 0 unspecified atom stereocenters. The lowest BCUT2D eigenvalue weighted by Gasteiger charge is -2.43. The Hall–Kier alpha value is -2.61. The number of carbonyl (C=O) groups is 2. The maximum absolute atomic E-state index is 12.8. The summed E-state index contributed by atoms with van der Waals surface area (Å²) in [5.74, 6) is 0.613. The van der Waals surface area contributed by atoms with Crippen molar-refractivity contribution in [3.05, 3.63) is 41.0 Å². The number of ether oxygens (including phenoxy) is 1. The predicted molar refractivity (Wildman–Crippen MR) is 110 cm³/mol. The molecule has 0 radical (unpaired) electrons. The standard InChI is InChI=1S/C22H29N5O3/c1-25-9-3-4-17(25)21(29)27-10-7-22(8-11-27)12-18-16(14-30-22)19(24-26(18)2)20(28)23-13-15-5-6-15/h3-4,9,15H,5-8,10-14H2,1-2H3,(H,23,28). The molecular weight excluding hydrogens is 382 g/mol. The number of hydrogen-bond acceptors (Lipinski definition) is 4. The van der Waals surface area contributed by atoms with Crippen LogP contribution in [0.25, 0.3) is 0 Å². The molecule has 2 amide bonds. The fraction of sp³-hybridized carbons (Fsp3) is 0.591. The molecule has 2 aromatic heterocycles. The normalized spacial score (nSPS) is 20.3. The van der Waals surface area contributed by atoms with Crippen molar-refractivity contribution in [2.75, 3.05) is 19.6 Å². The first-order valence-corrected chi connectivity index (χ1v) is 10.8. The van der Waals surface area contributed by atoms with Crippen LogP contribution >= 0.6 is 0 Å². The minimum atomic E-state index is -0.284. The summed E-state index contributed by atoms with van der Waals surface area (Å²) in [5, 5.41) is 7.53. The number of rotatable bonds is 4. The van der Waals surface area contributed by atoms with Crippen LogP contribution in [0.15, 0.2) is 18.3 Å². The van der Waals surface area contributed by atoms with Crippen LogP contribution in [0.1, 0.15) is 57.9 Å². The molecule has 160 valence electrons. The molecule has 1 saturated carbocycles. The van der Waals surface area contributed by atoms with E-state index < -0.39 is 0 Å². The van der Waals surface area contributed by atoms with E-state index in [9.17, 15) is 9.59 Å². The predicted octanol–water partition coefficient (Wildman–Crippen LogP) is 1.65. The van der Waals surface area contributed by atoms with Crippen molar-refractivity contribution >= 4 is 11.8 Å². The van der Waals surface area contributed by atoms with Crippen molar-refractivity contribution in [1.29, 1.82) is 0 Å². The lowest BCUT2D eigenvalue weighted by molar-refractivity contribution is -0.0990. The van der Waals surface area contributed by atoms with Crippen LogP contribution in [-0.4, -0.2) is 56.3 Å². The summed E-state index contributed by atoms with van der Waals surface area (Å²) in [4.78, 5) is 27.3. The van der Waals surface area contributed by atoms with Crippen molar-refractivity contribution in [3.63, 3.8) is 0 Å². The van der Waals surface area contributed by atoms with Gasteiger partial charge in [0.15, 0.2) is 5.69 Å². The third-order valence-corrected chi connectivity index (χ3v) is 6.88. The molecule has 0 atom stereocenters. The number of aromatic nitrogens is 3. The lowest BCUT2D eigenvalue weighted by atomic mass is 9.83. The van der Waals surface area contributed by atoms with Crippen molar-refractivity contribution in [2.24, 2.45) is 20.0 Å². The zero-order valence-electron chi connectivity index (χ0n) is 17.7. The average molecular weight is 412 g/mol. The fourth-order valence-corrected chi connectivity index (χ4v) is 4.67. The molecule has 2 aliphatic heterocycles. The number of carbonyl (C=O) groups excluding carboxylic acids is 2. The van der Waals surface area contributed by atoms with Crippen LogP contribution in [-0.2, 0) is 31.9 Å². The number of hydrogen-bond donors (Lipinski definition) is 1. The number of nitrogens with one attached hydrogen (secondary N) is 1. The summed E-state index contributed by atoms with van der Waals surface area (Å²) in [6.45, 7) is 2.49. The van der Waals surface area contributed by atoms with Gasteiger partial charge in [-0.05, 0) is 43.7 Å². The molecule has 1 aliphatic carbocycles. The van der Waals surface area contributed by atoms with Crippen LogP contribution in [0.2, 0.25) is 0 Å². The van der Waals surface area contributed by atoms with Gasteiger partial charge in [-0.3, -0.25) is 14.3 Å². The van der Waals surface area contributed by atoms with Crippen LogP contribution in [0.4, 0.5) is 0 Å². The largest absolute Gasteiger partial charge is 0.370 e. The highest BCUT2D eigenvalue weighted by atomic mass is 16.5. The van der Waals surface area contributed by atoms with Gasteiger partial charge in [-0.1, -0.05) is 0 Å². The third kappa shape index (κ3) is 3.43. The van der Waals surface area contributed by atoms with Gasteiger partial charge in [-0.25, -0.2) is 0 Å². The van der Waals surface area contributed by atoms with Gasteiger partial charge in [0.25, 0.3) is 11.8 Å². The van der Waals surface area contributed by atoms with E-state index in [-0.39, 0.29) is 17.4 Å². The summed E-state index contributed by atoms with van der Waals surface area (Å²) in [5.41, 5.74) is 2.93. The number of nitrogens with zero attached hydrogens (tertiary/aromatic N) is 4. The molecule has 8 heteroatoms. The molecule has 1 N–H and O–H groups in total. The Kier molecular flexibility index (Phi) is 4.69. The Bertz CT molecular complexity index is 979. The van der Waals surface area contributed by atoms with Gasteiger partial charge in [0, 0.05) is 57.6 Å². The number of likely N-dealkylation sites (tertiary alicyclic amines) is 1. The molecule has 5 rings (SSSR count). The SMILES string of the molecule is Cn1cccc1C(=O)N1CCC2(CC1)Cc1c(c(C(=O)NCC3CC3)nn1C)CO2. The third-order valence-electron chi connectivity index (χ3n) is 6.88. The van der Waals surface area contributed by atoms with E-state index in [0.29, 0.717) is 37.0 Å². The summed E-state index contributed by atoms with van der Waals surface area (Å²) < 4.78 is 10.0. The van der Waals surface area contributed by atoms with Crippen LogP contribution in [0, 0.1) is 5.92 Å². The molecular formula is C22H29N5O3. The van der Waals surface area contributed by atoms with Gasteiger partial charge in [0.2, 0.25) is 0 Å². The Morgan fingerprint density at radius 3 is 2.70 bits per heavy atom. The summed E-state index contributed by atoms with van der Waals surface area (Å²) >= 11 is 0. The highest BCUT2D eigenvalue weighted by molar-refractivity contribution is 5.94. The molecule has 4 heterocycles. The zero-order valence-corrected chi connectivity index (χ0v) is 17.7. The zero-order chi connectivity index (χ0) is 20.9. The maximum atomic E-state index is 12.8. The Morgan fingerprint density at radius 1 is 1.27 bits per heavy atom. The lowest BCUT2D eigenvalue weighted by Crippen LogP contribution is -2.51. The number of aryl methyl sites for hydroxylation is 2. The quantitative estimate of drug-likeness (QED) is 0.830. The van der Waals surface area contributed by atoms with Crippen molar-refractivity contribution in [2.45, 2.75) is 44.3 Å². The topological polar surface area (TPSA) is 81.4 Å². The number of amides is 2. The van der Waals surface area contributed by atoms with Crippen LogP contribution in [0.5, 0.6) is 0 Å². The number of fused-ring (bicyclic) bond motifs is 1. The minimum absolute atomic E-state index is 0.0731. The molecule has 30 heavy (non-hydrogen) atoms. The van der Waals surface area contributed by atoms with Crippen molar-refractivity contribution in [1.82, 2.24) is 24.6 Å². The van der Waals surface area contributed by atoms with E-state index in [2.05, 4.69) is 10.4 Å². The van der Waals surface area contributed by atoms with E-state index in [1.54, 1.807) is 0 Å². The molecule has 1 saturated heterocycles. The molecule has 0 aromatic carbocycles. The molecule has 3 aliphatic rings. The van der Waals surface area contributed by atoms with Gasteiger partial charge < -0.3 is 19.5 Å². The first kappa shape index (κ1) is 19.4. The Morgan fingerprint density at radius 2 is 2.03 bits per heavy atom. The average Bonchev–Trinajstić information content (AvgIpc) is 3.40. The monoisotopic (exact) mass is 411 g/mol. The van der Waals surface area contributed by atoms with Gasteiger partial charge in [0.05, 0.1) is 12.2 Å².